The summed E-state index contributed by atoms with van der Waals surface area (Å²) in [6.07, 6.45) is 1.89. The van der Waals surface area contributed by atoms with Gasteiger partial charge in [0, 0.05) is 0 Å². The molecule has 0 amide bonds. The fourth-order valence-corrected chi connectivity index (χ4v) is 3.05. The summed E-state index contributed by atoms with van der Waals surface area (Å²) in [5.74, 6) is 0. The first kappa shape index (κ1) is 12.8. The van der Waals surface area contributed by atoms with E-state index in [-0.39, 0.29) is 0 Å². The van der Waals surface area contributed by atoms with Gasteiger partial charge in [0.25, 0.3) is 0 Å². The molecule has 0 aliphatic carbocycles. The summed E-state index contributed by atoms with van der Waals surface area (Å²) in [6.45, 7) is 3.87. The van der Waals surface area contributed by atoms with Crippen LogP contribution < -0.4 is 0 Å². The van der Waals surface area contributed by atoms with Crippen molar-refractivity contribution in [2.24, 2.45) is 0 Å². The first-order valence-electron chi connectivity index (χ1n) is 7.49. The van der Waals surface area contributed by atoms with Crippen LogP contribution in [0.4, 0.5) is 0 Å². The summed E-state index contributed by atoms with van der Waals surface area (Å²) in [5.41, 5.74) is 3.65. The molecular formula is C22H16. The largest absolute Gasteiger partial charge is 0.0985 e. The summed E-state index contributed by atoms with van der Waals surface area (Å²) in [7, 11) is 0. The molecule has 22 heavy (non-hydrogen) atoms. The standard InChI is InChI=1S/C22H16/c1-2-16-7-5-10-19(13-16)21-12-6-11-20-14-17-8-3-4-9-18(17)15-22(20)21/h2-15H,1H2. The van der Waals surface area contributed by atoms with Crippen LogP contribution in [0.1, 0.15) is 5.56 Å². The maximum absolute atomic E-state index is 3.87. The lowest BCUT2D eigenvalue weighted by Gasteiger charge is -2.09. The molecule has 0 bridgehead atoms. The zero-order valence-electron chi connectivity index (χ0n) is 12.3. The Hall–Kier alpha value is -2.86. The van der Waals surface area contributed by atoms with E-state index in [9.17, 15) is 0 Å². The molecule has 0 N–H and O–H groups in total. The Morgan fingerprint density at radius 1 is 0.636 bits per heavy atom. The van der Waals surface area contributed by atoms with E-state index in [1.54, 1.807) is 0 Å². The van der Waals surface area contributed by atoms with Gasteiger partial charge in [-0.1, -0.05) is 73.3 Å². The third-order valence-corrected chi connectivity index (χ3v) is 4.18. The van der Waals surface area contributed by atoms with Crippen LogP contribution >= 0.6 is 0 Å². The Kier molecular flexibility index (Phi) is 3.01. The third-order valence-electron chi connectivity index (χ3n) is 4.18. The second-order valence-corrected chi connectivity index (χ2v) is 5.56. The van der Waals surface area contributed by atoms with E-state index in [1.807, 2.05) is 6.08 Å². The second kappa shape index (κ2) is 5.16. The first-order valence-corrected chi connectivity index (χ1v) is 7.49. The topological polar surface area (TPSA) is 0 Å². The highest BCUT2D eigenvalue weighted by atomic mass is 14.1. The van der Waals surface area contributed by atoms with Crippen LogP contribution in [0, 0.1) is 0 Å². The van der Waals surface area contributed by atoms with Gasteiger partial charge in [0.05, 0.1) is 0 Å². The van der Waals surface area contributed by atoms with Gasteiger partial charge in [-0.15, -0.1) is 0 Å². The normalized spacial score (nSPS) is 10.9. The monoisotopic (exact) mass is 280 g/mol. The molecule has 0 nitrogen and oxygen atoms in total. The molecular weight excluding hydrogens is 264 g/mol. The van der Waals surface area contributed by atoms with Crippen molar-refractivity contribution in [3.05, 3.63) is 91.0 Å². The van der Waals surface area contributed by atoms with E-state index in [0.717, 1.165) is 5.56 Å². The van der Waals surface area contributed by atoms with Crippen LogP contribution in [-0.2, 0) is 0 Å². The Bertz CT molecular complexity index is 993. The van der Waals surface area contributed by atoms with Gasteiger partial charge in [-0.3, -0.25) is 0 Å². The lowest BCUT2D eigenvalue weighted by Crippen LogP contribution is -1.83. The maximum Gasteiger partial charge on any atom is -0.00990 e. The molecule has 0 fully saturated rings. The lowest BCUT2D eigenvalue weighted by molar-refractivity contribution is 1.63. The van der Waals surface area contributed by atoms with E-state index >= 15 is 0 Å². The van der Waals surface area contributed by atoms with Gasteiger partial charge in [-0.2, -0.15) is 0 Å². The summed E-state index contributed by atoms with van der Waals surface area (Å²) < 4.78 is 0. The van der Waals surface area contributed by atoms with Gasteiger partial charge in [-0.25, -0.2) is 0 Å². The fraction of sp³-hybridized carbons (Fsp3) is 0. The second-order valence-electron chi connectivity index (χ2n) is 5.56. The van der Waals surface area contributed by atoms with Gasteiger partial charge in [0.1, 0.15) is 0 Å². The summed E-state index contributed by atoms with van der Waals surface area (Å²) in [5, 5.41) is 5.14. The molecule has 0 saturated carbocycles. The number of hydrogen-bond acceptors (Lipinski definition) is 0. The van der Waals surface area contributed by atoms with Crippen molar-refractivity contribution in [1.82, 2.24) is 0 Å². The van der Waals surface area contributed by atoms with Crippen LogP contribution in [0.5, 0.6) is 0 Å². The molecule has 4 aromatic rings. The number of benzene rings is 4. The molecule has 4 aromatic carbocycles. The van der Waals surface area contributed by atoms with Gasteiger partial charge in [0.15, 0.2) is 0 Å². The Morgan fingerprint density at radius 2 is 1.36 bits per heavy atom. The predicted molar refractivity (Wildman–Crippen MR) is 97.0 cm³/mol. The average molecular weight is 280 g/mol. The van der Waals surface area contributed by atoms with Crippen LogP contribution in [0.25, 0.3) is 38.7 Å². The van der Waals surface area contributed by atoms with Gasteiger partial charge in [-0.05, 0) is 56.4 Å². The quantitative estimate of drug-likeness (QED) is 0.378. The molecule has 0 aromatic heterocycles. The molecule has 0 spiro atoms. The van der Waals surface area contributed by atoms with Crippen LogP contribution in [-0.4, -0.2) is 0 Å². The van der Waals surface area contributed by atoms with E-state index in [2.05, 4.69) is 85.4 Å². The average Bonchev–Trinajstić information content (AvgIpc) is 2.59. The number of hydrogen-bond donors (Lipinski definition) is 0. The zero-order chi connectivity index (χ0) is 14.9. The number of fused-ring (bicyclic) bond motifs is 2. The summed E-state index contributed by atoms with van der Waals surface area (Å²) >= 11 is 0. The maximum atomic E-state index is 3.87. The van der Waals surface area contributed by atoms with Gasteiger partial charge in [0.2, 0.25) is 0 Å². The predicted octanol–water partition coefficient (Wildman–Crippen LogP) is 6.30. The molecule has 0 unspecified atom stereocenters. The summed E-state index contributed by atoms with van der Waals surface area (Å²) in [4.78, 5) is 0. The highest BCUT2D eigenvalue weighted by Gasteiger charge is 2.05. The molecule has 0 saturated heterocycles. The van der Waals surface area contributed by atoms with Crippen LogP contribution in [0.2, 0.25) is 0 Å². The van der Waals surface area contributed by atoms with Crippen molar-refractivity contribution in [3.63, 3.8) is 0 Å². The number of rotatable bonds is 2. The van der Waals surface area contributed by atoms with Crippen molar-refractivity contribution in [2.75, 3.05) is 0 Å². The molecule has 0 aliphatic heterocycles. The van der Waals surface area contributed by atoms with E-state index in [0.29, 0.717) is 0 Å². The third kappa shape index (κ3) is 2.10. The smallest absolute Gasteiger partial charge is 0.00990 e. The Morgan fingerprint density at radius 3 is 2.18 bits per heavy atom. The van der Waals surface area contributed by atoms with Crippen molar-refractivity contribution in [3.8, 4) is 11.1 Å². The van der Waals surface area contributed by atoms with Crippen molar-refractivity contribution >= 4 is 27.6 Å². The SMILES string of the molecule is C=Cc1cccc(-c2cccc3cc4ccccc4cc23)c1. The Balaban J connectivity index is 2.04. The molecule has 4 rings (SSSR count). The molecule has 0 atom stereocenters. The van der Waals surface area contributed by atoms with Crippen LogP contribution in [0.15, 0.2) is 85.4 Å². The molecule has 0 radical (unpaired) electrons. The van der Waals surface area contributed by atoms with Crippen LogP contribution in [0.3, 0.4) is 0 Å². The molecule has 0 aliphatic rings. The summed E-state index contributed by atoms with van der Waals surface area (Å²) in [6, 6.07) is 28.1. The minimum Gasteiger partial charge on any atom is -0.0985 e. The molecule has 0 heterocycles. The molecule has 104 valence electrons. The first-order chi connectivity index (χ1) is 10.8. The Labute approximate surface area is 130 Å². The molecule has 0 heteroatoms. The highest BCUT2D eigenvalue weighted by Crippen LogP contribution is 2.32. The van der Waals surface area contributed by atoms with E-state index in [4.69, 9.17) is 0 Å². The zero-order valence-corrected chi connectivity index (χ0v) is 12.3. The van der Waals surface area contributed by atoms with Crippen molar-refractivity contribution in [1.29, 1.82) is 0 Å². The van der Waals surface area contributed by atoms with E-state index < -0.39 is 0 Å². The van der Waals surface area contributed by atoms with Crippen molar-refractivity contribution in [2.45, 2.75) is 0 Å². The minimum atomic E-state index is 1.15. The fourth-order valence-electron chi connectivity index (χ4n) is 3.05. The minimum absolute atomic E-state index is 1.15. The highest BCUT2D eigenvalue weighted by molar-refractivity contribution is 6.05. The van der Waals surface area contributed by atoms with Gasteiger partial charge >= 0.3 is 0 Å². The lowest BCUT2D eigenvalue weighted by atomic mass is 9.95. The van der Waals surface area contributed by atoms with Gasteiger partial charge < -0.3 is 0 Å². The van der Waals surface area contributed by atoms with Crippen molar-refractivity contribution < 1.29 is 0 Å². The van der Waals surface area contributed by atoms with E-state index in [1.165, 1.54) is 32.7 Å².